The van der Waals surface area contributed by atoms with Gasteiger partial charge in [0.1, 0.15) is 17.3 Å². The largest absolute Gasteiger partial charge is 0.497 e. The Bertz CT molecular complexity index is 769. The van der Waals surface area contributed by atoms with Crippen molar-refractivity contribution in [2.75, 3.05) is 20.8 Å². The standard InChI is InChI=1S/C20H26FN3O2.HI/c1-5-22-20(23-12-15-7-6-14(2)18(21)10-15)24-13-16-8-9-17(25-3)11-19(16)26-4;/h6-11H,5,12-13H2,1-4H3,(H2,22,23,24);1H. The van der Waals surface area contributed by atoms with E-state index in [9.17, 15) is 4.39 Å². The zero-order chi connectivity index (χ0) is 18.9. The predicted octanol–water partition coefficient (Wildman–Crippen LogP) is 4.02. The van der Waals surface area contributed by atoms with E-state index in [-0.39, 0.29) is 29.8 Å². The third kappa shape index (κ3) is 6.89. The third-order valence-corrected chi connectivity index (χ3v) is 3.94. The van der Waals surface area contributed by atoms with Gasteiger partial charge < -0.3 is 20.1 Å². The van der Waals surface area contributed by atoms with Crippen LogP contribution in [0.15, 0.2) is 41.4 Å². The highest BCUT2D eigenvalue weighted by Gasteiger charge is 2.06. The van der Waals surface area contributed by atoms with Gasteiger partial charge in [0.15, 0.2) is 5.96 Å². The van der Waals surface area contributed by atoms with Crippen LogP contribution in [0.25, 0.3) is 0 Å². The molecule has 0 aliphatic rings. The van der Waals surface area contributed by atoms with Crippen molar-refractivity contribution < 1.29 is 13.9 Å². The van der Waals surface area contributed by atoms with Crippen LogP contribution in [0.2, 0.25) is 0 Å². The van der Waals surface area contributed by atoms with Crippen LogP contribution in [0.4, 0.5) is 4.39 Å². The Labute approximate surface area is 177 Å². The summed E-state index contributed by atoms with van der Waals surface area (Å²) in [5.41, 5.74) is 2.45. The Morgan fingerprint density at radius 1 is 1.07 bits per heavy atom. The van der Waals surface area contributed by atoms with Crippen LogP contribution in [0.3, 0.4) is 0 Å². The number of halogens is 2. The van der Waals surface area contributed by atoms with E-state index in [1.807, 2.05) is 31.2 Å². The normalized spacial score (nSPS) is 10.8. The molecule has 0 amide bonds. The summed E-state index contributed by atoms with van der Waals surface area (Å²) >= 11 is 0. The number of nitrogens with one attached hydrogen (secondary N) is 2. The number of guanidine groups is 1. The van der Waals surface area contributed by atoms with Gasteiger partial charge in [-0.25, -0.2) is 9.38 Å². The van der Waals surface area contributed by atoms with E-state index < -0.39 is 0 Å². The van der Waals surface area contributed by atoms with Crippen molar-refractivity contribution in [3.05, 3.63) is 58.9 Å². The molecule has 0 aliphatic heterocycles. The molecule has 7 heteroatoms. The Hall–Kier alpha value is -2.03. The van der Waals surface area contributed by atoms with Gasteiger partial charge in [-0.2, -0.15) is 0 Å². The van der Waals surface area contributed by atoms with E-state index in [4.69, 9.17) is 9.47 Å². The molecule has 0 saturated carbocycles. The van der Waals surface area contributed by atoms with Gasteiger partial charge >= 0.3 is 0 Å². The molecule has 0 bridgehead atoms. The van der Waals surface area contributed by atoms with E-state index in [1.165, 1.54) is 6.07 Å². The van der Waals surface area contributed by atoms with Crippen molar-refractivity contribution in [1.82, 2.24) is 10.6 Å². The lowest BCUT2D eigenvalue weighted by atomic mass is 10.1. The molecule has 0 radical (unpaired) electrons. The number of nitrogens with zero attached hydrogens (tertiary/aromatic N) is 1. The number of aryl methyl sites for hydroxylation is 1. The minimum absolute atomic E-state index is 0. The first-order valence-electron chi connectivity index (χ1n) is 8.55. The summed E-state index contributed by atoms with van der Waals surface area (Å²) in [4.78, 5) is 4.52. The Balaban J connectivity index is 0.00000364. The first-order chi connectivity index (χ1) is 12.6. The summed E-state index contributed by atoms with van der Waals surface area (Å²) in [7, 11) is 3.25. The number of aliphatic imine (C=N–C) groups is 1. The molecular weight excluding hydrogens is 460 g/mol. The predicted molar refractivity (Wildman–Crippen MR) is 118 cm³/mol. The van der Waals surface area contributed by atoms with Crippen molar-refractivity contribution in [2.45, 2.75) is 26.9 Å². The molecule has 2 N–H and O–H groups in total. The van der Waals surface area contributed by atoms with E-state index in [1.54, 1.807) is 27.2 Å². The first kappa shape index (κ1) is 23.0. The maximum absolute atomic E-state index is 13.7. The number of benzene rings is 2. The Kier molecular flexibility index (Phi) is 9.92. The highest BCUT2D eigenvalue weighted by Crippen LogP contribution is 2.24. The molecule has 2 aromatic rings. The van der Waals surface area contributed by atoms with E-state index in [2.05, 4.69) is 15.6 Å². The number of ether oxygens (including phenoxy) is 2. The number of methoxy groups -OCH3 is 2. The molecule has 148 valence electrons. The molecule has 2 rings (SSSR count). The summed E-state index contributed by atoms with van der Waals surface area (Å²) in [5, 5.41) is 6.46. The number of hydrogen-bond donors (Lipinski definition) is 2. The molecule has 5 nitrogen and oxygen atoms in total. The fraction of sp³-hybridized carbons (Fsp3) is 0.350. The van der Waals surface area contributed by atoms with Crippen LogP contribution >= 0.6 is 24.0 Å². The summed E-state index contributed by atoms with van der Waals surface area (Å²) in [6.07, 6.45) is 0. The minimum atomic E-state index is -0.210. The average Bonchev–Trinajstić information content (AvgIpc) is 2.66. The second kappa shape index (κ2) is 11.6. The topological polar surface area (TPSA) is 54.9 Å². The van der Waals surface area contributed by atoms with Crippen molar-refractivity contribution >= 4 is 29.9 Å². The summed E-state index contributed by atoms with van der Waals surface area (Å²) < 4.78 is 24.3. The van der Waals surface area contributed by atoms with Crippen LogP contribution in [-0.4, -0.2) is 26.7 Å². The second-order valence-electron chi connectivity index (χ2n) is 5.81. The number of rotatable bonds is 7. The molecule has 0 saturated heterocycles. The first-order valence-corrected chi connectivity index (χ1v) is 8.55. The van der Waals surface area contributed by atoms with Crippen LogP contribution in [0, 0.1) is 12.7 Å². The van der Waals surface area contributed by atoms with Crippen molar-refractivity contribution in [1.29, 1.82) is 0 Å². The van der Waals surface area contributed by atoms with E-state index in [0.717, 1.165) is 29.2 Å². The average molecular weight is 487 g/mol. The second-order valence-corrected chi connectivity index (χ2v) is 5.81. The Morgan fingerprint density at radius 3 is 2.48 bits per heavy atom. The molecule has 0 atom stereocenters. The molecule has 0 aliphatic carbocycles. The fourth-order valence-electron chi connectivity index (χ4n) is 2.42. The smallest absolute Gasteiger partial charge is 0.191 e. The minimum Gasteiger partial charge on any atom is -0.497 e. The van der Waals surface area contributed by atoms with Gasteiger partial charge in [-0.15, -0.1) is 24.0 Å². The van der Waals surface area contributed by atoms with E-state index in [0.29, 0.717) is 24.6 Å². The van der Waals surface area contributed by atoms with Crippen LogP contribution in [0.1, 0.15) is 23.6 Å². The SMILES string of the molecule is CCNC(=NCc1ccc(C)c(F)c1)NCc1ccc(OC)cc1OC.I. The molecule has 0 heterocycles. The van der Waals surface area contributed by atoms with Crippen molar-refractivity contribution in [3.63, 3.8) is 0 Å². The van der Waals surface area contributed by atoms with E-state index >= 15 is 0 Å². The van der Waals surface area contributed by atoms with Crippen molar-refractivity contribution in [3.8, 4) is 11.5 Å². The maximum Gasteiger partial charge on any atom is 0.191 e. The van der Waals surface area contributed by atoms with Crippen molar-refractivity contribution in [2.24, 2.45) is 4.99 Å². The lowest BCUT2D eigenvalue weighted by Crippen LogP contribution is -2.36. The molecule has 0 fully saturated rings. The highest BCUT2D eigenvalue weighted by molar-refractivity contribution is 14.0. The summed E-state index contributed by atoms with van der Waals surface area (Å²) in [6.45, 7) is 5.41. The molecule has 2 aromatic carbocycles. The van der Waals surface area contributed by atoms with Crippen LogP contribution in [-0.2, 0) is 13.1 Å². The lowest BCUT2D eigenvalue weighted by Gasteiger charge is -2.14. The van der Waals surface area contributed by atoms with Gasteiger partial charge in [-0.05, 0) is 43.2 Å². The zero-order valence-electron chi connectivity index (χ0n) is 16.1. The number of hydrogen-bond acceptors (Lipinski definition) is 3. The van der Waals surface area contributed by atoms with Crippen LogP contribution in [0.5, 0.6) is 11.5 Å². The van der Waals surface area contributed by atoms with Gasteiger partial charge in [-0.1, -0.05) is 12.1 Å². The highest BCUT2D eigenvalue weighted by atomic mass is 127. The van der Waals surface area contributed by atoms with Gasteiger partial charge in [0.25, 0.3) is 0 Å². The van der Waals surface area contributed by atoms with Gasteiger partial charge in [-0.3, -0.25) is 0 Å². The van der Waals surface area contributed by atoms with Crippen LogP contribution < -0.4 is 20.1 Å². The van der Waals surface area contributed by atoms with Gasteiger partial charge in [0.05, 0.1) is 20.8 Å². The maximum atomic E-state index is 13.7. The molecule has 0 spiro atoms. The fourth-order valence-corrected chi connectivity index (χ4v) is 2.42. The molecule has 0 unspecified atom stereocenters. The monoisotopic (exact) mass is 487 g/mol. The van der Waals surface area contributed by atoms with Gasteiger partial charge in [0.2, 0.25) is 0 Å². The Morgan fingerprint density at radius 2 is 1.85 bits per heavy atom. The molecular formula is C20H27FIN3O2. The summed E-state index contributed by atoms with van der Waals surface area (Å²) in [5.74, 6) is 1.94. The quantitative estimate of drug-likeness (QED) is 0.352. The summed E-state index contributed by atoms with van der Waals surface area (Å²) in [6, 6.07) is 10.9. The molecule has 27 heavy (non-hydrogen) atoms. The lowest BCUT2D eigenvalue weighted by molar-refractivity contribution is 0.390. The third-order valence-electron chi connectivity index (χ3n) is 3.94. The zero-order valence-corrected chi connectivity index (χ0v) is 18.5. The molecule has 0 aromatic heterocycles. The van der Waals surface area contributed by atoms with Gasteiger partial charge in [0, 0.05) is 24.7 Å².